The summed E-state index contributed by atoms with van der Waals surface area (Å²) in [6.45, 7) is 5.55. The number of carbonyl (C=O) groups is 7. The Kier molecular flexibility index (Phi) is 20.8. The molecular formula is C33H52N8O8. The number of carbonyl (C=O) groups excluding carboxylic acids is 7. The van der Waals surface area contributed by atoms with E-state index in [1.807, 2.05) is 0 Å². The molecule has 1 unspecified atom stereocenters. The SMILES string of the molecule is CCC.CNCCN(C)C(=O)OCc1ccc(NC(=O)C(CCCNC(N)=O)NC(=O)CNC(=O)CCCCCN2C(=O)C=CC2=O)cc1. The lowest BCUT2D eigenvalue weighted by molar-refractivity contribution is -0.137. The van der Waals surface area contributed by atoms with Crippen LogP contribution in [0.1, 0.15) is 64.4 Å². The van der Waals surface area contributed by atoms with Crippen LogP contribution in [0.2, 0.25) is 0 Å². The highest BCUT2D eigenvalue weighted by Gasteiger charge is 2.23. The molecule has 16 nitrogen and oxygen atoms in total. The summed E-state index contributed by atoms with van der Waals surface area (Å²) in [5.74, 6) is -2.13. The molecule has 272 valence electrons. The zero-order valence-corrected chi connectivity index (χ0v) is 29.0. The molecule has 1 aromatic carbocycles. The van der Waals surface area contributed by atoms with Gasteiger partial charge in [0, 0.05) is 57.5 Å². The molecule has 0 spiro atoms. The second-order valence-electron chi connectivity index (χ2n) is 11.3. The van der Waals surface area contributed by atoms with E-state index in [1.165, 1.54) is 23.5 Å². The fourth-order valence-electron chi connectivity index (χ4n) is 4.22. The van der Waals surface area contributed by atoms with Crippen molar-refractivity contribution in [3.05, 3.63) is 42.0 Å². The van der Waals surface area contributed by atoms with Gasteiger partial charge in [0.25, 0.3) is 11.8 Å². The molecule has 0 saturated heterocycles. The van der Waals surface area contributed by atoms with Crippen LogP contribution >= 0.6 is 0 Å². The van der Waals surface area contributed by atoms with Crippen molar-refractivity contribution in [3.63, 3.8) is 0 Å². The first kappa shape index (κ1) is 42.0. The second kappa shape index (κ2) is 24.2. The van der Waals surface area contributed by atoms with Crippen LogP contribution in [-0.4, -0.2) is 104 Å². The van der Waals surface area contributed by atoms with Gasteiger partial charge in [0.1, 0.15) is 12.6 Å². The minimum absolute atomic E-state index is 0.0482. The van der Waals surface area contributed by atoms with Gasteiger partial charge in [-0.3, -0.25) is 28.9 Å². The van der Waals surface area contributed by atoms with Crippen LogP contribution in [0.4, 0.5) is 15.3 Å². The van der Waals surface area contributed by atoms with Gasteiger partial charge in [0.15, 0.2) is 0 Å². The van der Waals surface area contributed by atoms with Crippen molar-refractivity contribution in [1.82, 2.24) is 31.1 Å². The molecular weight excluding hydrogens is 636 g/mol. The molecule has 0 fully saturated rings. The molecule has 0 aromatic heterocycles. The smallest absolute Gasteiger partial charge is 0.409 e. The van der Waals surface area contributed by atoms with Crippen molar-refractivity contribution in [2.45, 2.75) is 71.4 Å². The van der Waals surface area contributed by atoms with Crippen LogP contribution in [0.15, 0.2) is 36.4 Å². The Balaban J connectivity index is 0.00000385. The van der Waals surface area contributed by atoms with Gasteiger partial charge in [-0.25, -0.2) is 9.59 Å². The molecule has 1 heterocycles. The number of nitrogens with zero attached hydrogens (tertiary/aromatic N) is 2. The van der Waals surface area contributed by atoms with E-state index in [9.17, 15) is 33.6 Å². The molecule has 2 rings (SSSR count). The normalized spacial score (nSPS) is 12.4. The van der Waals surface area contributed by atoms with E-state index < -0.39 is 30.0 Å². The maximum Gasteiger partial charge on any atom is 0.409 e. The fraction of sp³-hybridized carbons (Fsp3) is 0.545. The monoisotopic (exact) mass is 688 g/mol. The standard InChI is InChI=1S/C30H44N8O8.C3H8/c1-32-16-18-37(2)30(45)46-20-21-9-11-22(12-10-21)35-28(43)23(7-6-15-33-29(31)44)36-25(40)19-34-24(39)8-4-3-5-17-38-26(41)13-14-27(38)42;1-3-2/h9-14,23,32H,3-8,15-20H2,1-2H3,(H,34,39)(H,35,43)(H,36,40)(H3,31,33,44);3H2,1-2H3. The van der Waals surface area contributed by atoms with Crippen molar-refractivity contribution in [2.75, 3.05) is 52.1 Å². The first-order chi connectivity index (χ1) is 23.4. The average Bonchev–Trinajstić information content (AvgIpc) is 3.39. The molecule has 1 aromatic rings. The number of benzene rings is 1. The number of unbranched alkanes of at least 4 members (excludes halogenated alkanes) is 2. The Labute approximate surface area is 287 Å². The maximum absolute atomic E-state index is 13.1. The van der Waals surface area contributed by atoms with Crippen LogP contribution in [0.25, 0.3) is 0 Å². The van der Waals surface area contributed by atoms with Gasteiger partial charge >= 0.3 is 12.1 Å². The molecule has 16 heteroatoms. The summed E-state index contributed by atoms with van der Waals surface area (Å²) >= 11 is 0. The lowest BCUT2D eigenvalue weighted by atomic mass is 10.1. The third kappa shape index (κ3) is 18.2. The van der Waals surface area contributed by atoms with Crippen molar-refractivity contribution >= 4 is 47.3 Å². The summed E-state index contributed by atoms with van der Waals surface area (Å²) in [5, 5.41) is 13.3. The number of primary amides is 1. The van der Waals surface area contributed by atoms with E-state index in [4.69, 9.17) is 10.5 Å². The van der Waals surface area contributed by atoms with Gasteiger partial charge in [0.05, 0.1) is 6.54 Å². The number of urea groups is 1. The first-order valence-corrected chi connectivity index (χ1v) is 16.5. The molecule has 0 radical (unpaired) electrons. The lowest BCUT2D eigenvalue weighted by Crippen LogP contribution is -2.47. The number of nitrogens with two attached hydrogens (primary N) is 1. The third-order valence-corrected chi connectivity index (χ3v) is 6.85. The molecule has 0 bridgehead atoms. The highest BCUT2D eigenvalue weighted by Crippen LogP contribution is 2.13. The van der Waals surface area contributed by atoms with E-state index in [0.717, 1.165) is 4.90 Å². The second-order valence-corrected chi connectivity index (χ2v) is 11.3. The molecule has 1 aliphatic heterocycles. The Morgan fingerprint density at radius 1 is 0.898 bits per heavy atom. The van der Waals surface area contributed by atoms with Crippen molar-refractivity contribution < 1.29 is 38.3 Å². The number of ether oxygens (including phenoxy) is 1. The van der Waals surface area contributed by atoms with Gasteiger partial charge in [-0.05, 0) is 50.4 Å². The number of likely N-dealkylation sites (N-methyl/N-ethyl adjacent to an activating group) is 2. The van der Waals surface area contributed by atoms with Crippen LogP contribution in [0, 0.1) is 0 Å². The number of imide groups is 1. The van der Waals surface area contributed by atoms with Crippen molar-refractivity contribution in [2.24, 2.45) is 5.73 Å². The molecule has 49 heavy (non-hydrogen) atoms. The maximum atomic E-state index is 13.1. The topological polar surface area (TPSA) is 221 Å². The lowest BCUT2D eigenvalue weighted by Gasteiger charge is -2.19. The molecule has 7 N–H and O–H groups in total. The van der Waals surface area contributed by atoms with E-state index in [0.29, 0.717) is 50.0 Å². The largest absolute Gasteiger partial charge is 0.445 e. The number of amides is 8. The molecule has 8 amide bonds. The number of hydrogen-bond donors (Lipinski definition) is 6. The summed E-state index contributed by atoms with van der Waals surface area (Å²) in [5.41, 5.74) is 6.25. The van der Waals surface area contributed by atoms with E-state index in [2.05, 4.69) is 40.4 Å². The fourth-order valence-corrected chi connectivity index (χ4v) is 4.22. The quantitative estimate of drug-likeness (QED) is 0.0859. The van der Waals surface area contributed by atoms with Crippen molar-refractivity contribution in [3.8, 4) is 0 Å². The van der Waals surface area contributed by atoms with Gasteiger partial charge in [-0.1, -0.05) is 38.8 Å². The Bertz CT molecular complexity index is 1250. The van der Waals surface area contributed by atoms with Gasteiger partial charge in [-0.2, -0.15) is 0 Å². The highest BCUT2D eigenvalue weighted by atomic mass is 16.6. The summed E-state index contributed by atoms with van der Waals surface area (Å²) < 4.78 is 5.29. The Morgan fingerprint density at radius 2 is 1.55 bits per heavy atom. The van der Waals surface area contributed by atoms with Gasteiger partial charge in [0.2, 0.25) is 17.7 Å². The summed E-state index contributed by atoms with van der Waals surface area (Å²) in [4.78, 5) is 86.6. The van der Waals surface area contributed by atoms with E-state index >= 15 is 0 Å². The van der Waals surface area contributed by atoms with Crippen LogP contribution in [-0.2, 0) is 35.3 Å². The van der Waals surface area contributed by atoms with Gasteiger partial charge < -0.3 is 42.0 Å². The molecule has 0 saturated carbocycles. The zero-order chi connectivity index (χ0) is 36.6. The Hall–Kier alpha value is -4.99. The third-order valence-electron chi connectivity index (χ3n) is 6.85. The number of hydrogen-bond acceptors (Lipinski definition) is 9. The van der Waals surface area contributed by atoms with Crippen LogP contribution in [0.5, 0.6) is 0 Å². The minimum Gasteiger partial charge on any atom is -0.445 e. The highest BCUT2D eigenvalue weighted by molar-refractivity contribution is 6.12. The van der Waals surface area contributed by atoms with Crippen LogP contribution in [0.3, 0.4) is 0 Å². The number of nitrogens with one attached hydrogen (secondary N) is 5. The first-order valence-electron chi connectivity index (χ1n) is 16.5. The number of anilines is 1. The summed E-state index contributed by atoms with van der Waals surface area (Å²) in [6.07, 6.45) is 5.57. The molecule has 1 atom stereocenters. The van der Waals surface area contributed by atoms with E-state index in [-0.39, 0.29) is 56.8 Å². The summed E-state index contributed by atoms with van der Waals surface area (Å²) in [6, 6.07) is 4.98. The van der Waals surface area contributed by atoms with E-state index in [1.54, 1.807) is 38.4 Å². The molecule has 1 aliphatic rings. The molecule has 0 aliphatic carbocycles. The minimum atomic E-state index is -0.974. The van der Waals surface area contributed by atoms with Gasteiger partial charge in [-0.15, -0.1) is 0 Å². The zero-order valence-electron chi connectivity index (χ0n) is 29.0. The predicted octanol–water partition coefficient (Wildman–Crippen LogP) is 1.36. The predicted molar refractivity (Wildman–Crippen MR) is 184 cm³/mol. The number of rotatable bonds is 20. The Morgan fingerprint density at radius 3 is 2.16 bits per heavy atom. The average molecular weight is 689 g/mol. The van der Waals surface area contributed by atoms with Crippen molar-refractivity contribution in [1.29, 1.82) is 0 Å². The van der Waals surface area contributed by atoms with Crippen LogP contribution < -0.4 is 32.3 Å². The summed E-state index contributed by atoms with van der Waals surface area (Å²) in [7, 11) is 3.43.